The molecule has 4 N–H and O–H groups in total. The highest BCUT2D eigenvalue weighted by atomic mass is 15.1. The van der Waals surface area contributed by atoms with Crippen LogP contribution in [-0.2, 0) is 0 Å². The average molecular weight is 357 g/mol. The quantitative estimate of drug-likeness (QED) is 0.474. The molecule has 0 amide bonds. The second-order valence-electron chi connectivity index (χ2n) is 6.52. The highest BCUT2D eigenvalue weighted by Gasteiger charge is 2.12. The fourth-order valence-corrected chi connectivity index (χ4v) is 2.95. The lowest BCUT2D eigenvalue weighted by molar-refractivity contribution is 0.775. The van der Waals surface area contributed by atoms with Gasteiger partial charge in [-0.3, -0.25) is 20.1 Å². The Morgan fingerprint density at radius 1 is 1.15 bits per heavy atom. The summed E-state index contributed by atoms with van der Waals surface area (Å²) in [5, 5.41) is 16.5. The van der Waals surface area contributed by atoms with E-state index in [1.807, 2.05) is 37.3 Å². The molecule has 0 aliphatic carbocycles. The van der Waals surface area contributed by atoms with Crippen molar-refractivity contribution in [3.8, 4) is 22.5 Å². The fraction of sp³-hybridized carbons (Fsp3) is 0.150. The normalized spacial score (nSPS) is 12.2. The number of aromatic nitrogens is 5. The van der Waals surface area contributed by atoms with Crippen molar-refractivity contribution in [2.24, 2.45) is 5.73 Å². The number of nitrogens with two attached hydrogens (primary N) is 1. The Kier molecular flexibility index (Phi) is 4.43. The van der Waals surface area contributed by atoms with E-state index in [-0.39, 0.29) is 6.04 Å². The predicted octanol–water partition coefficient (Wildman–Crippen LogP) is 3.19. The van der Waals surface area contributed by atoms with Gasteiger partial charge < -0.3 is 11.1 Å². The van der Waals surface area contributed by atoms with Crippen molar-refractivity contribution in [2.75, 3.05) is 0 Å². The van der Waals surface area contributed by atoms with Crippen LogP contribution in [0.4, 0.5) is 0 Å². The van der Waals surface area contributed by atoms with Gasteiger partial charge in [-0.2, -0.15) is 5.10 Å². The lowest BCUT2D eigenvalue weighted by atomic mass is 10.1. The van der Waals surface area contributed by atoms with Crippen LogP contribution in [-0.4, -0.2) is 36.9 Å². The molecule has 0 aliphatic rings. The van der Waals surface area contributed by atoms with E-state index >= 15 is 0 Å². The Morgan fingerprint density at radius 2 is 2.04 bits per heavy atom. The van der Waals surface area contributed by atoms with Crippen molar-refractivity contribution in [3.05, 3.63) is 60.8 Å². The molecule has 0 aliphatic heterocycles. The molecule has 0 unspecified atom stereocenters. The van der Waals surface area contributed by atoms with Crippen molar-refractivity contribution in [1.29, 1.82) is 5.41 Å². The van der Waals surface area contributed by atoms with Crippen LogP contribution < -0.4 is 5.73 Å². The molecule has 0 spiro atoms. The summed E-state index contributed by atoms with van der Waals surface area (Å²) in [6.45, 7) is 1.88. The van der Waals surface area contributed by atoms with Gasteiger partial charge in [0.2, 0.25) is 0 Å². The van der Waals surface area contributed by atoms with Crippen LogP contribution in [0.3, 0.4) is 0 Å². The molecule has 7 nitrogen and oxygen atoms in total. The van der Waals surface area contributed by atoms with Gasteiger partial charge in [-0.15, -0.1) is 0 Å². The van der Waals surface area contributed by atoms with Crippen LogP contribution in [0.1, 0.15) is 19.0 Å². The molecule has 0 saturated carbocycles. The second kappa shape index (κ2) is 7.05. The van der Waals surface area contributed by atoms with Gasteiger partial charge in [0, 0.05) is 47.6 Å². The highest BCUT2D eigenvalue weighted by molar-refractivity contribution is 5.98. The summed E-state index contributed by atoms with van der Waals surface area (Å²) in [7, 11) is 0. The molecule has 1 atom stereocenters. The van der Waals surface area contributed by atoms with E-state index in [9.17, 15) is 0 Å². The smallest absolute Gasteiger partial charge is 0.102 e. The van der Waals surface area contributed by atoms with Crippen molar-refractivity contribution in [3.63, 3.8) is 0 Å². The molecule has 0 aromatic carbocycles. The van der Waals surface area contributed by atoms with E-state index in [0.717, 1.165) is 33.4 Å². The van der Waals surface area contributed by atoms with Crippen molar-refractivity contribution in [1.82, 2.24) is 25.1 Å². The predicted molar refractivity (Wildman–Crippen MR) is 105 cm³/mol. The first kappa shape index (κ1) is 17.0. The summed E-state index contributed by atoms with van der Waals surface area (Å²) in [5.41, 5.74) is 11.2. The molecule has 4 aromatic heterocycles. The molecule has 27 heavy (non-hydrogen) atoms. The summed E-state index contributed by atoms with van der Waals surface area (Å²) in [6, 6.07) is 9.56. The molecule has 4 aromatic rings. The number of nitrogens with one attached hydrogen (secondary N) is 2. The number of H-pyrrole nitrogens is 1. The van der Waals surface area contributed by atoms with Gasteiger partial charge in [0.25, 0.3) is 0 Å². The number of pyridine rings is 3. The molecular weight excluding hydrogens is 338 g/mol. The van der Waals surface area contributed by atoms with E-state index in [2.05, 4.69) is 25.1 Å². The maximum atomic E-state index is 8.08. The van der Waals surface area contributed by atoms with Crippen LogP contribution >= 0.6 is 0 Å². The van der Waals surface area contributed by atoms with Crippen LogP contribution in [0, 0.1) is 5.41 Å². The van der Waals surface area contributed by atoms with E-state index < -0.39 is 0 Å². The van der Waals surface area contributed by atoms with Gasteiger partial charge in [-0.05, 0) is 37.3 Å². The van der Waals surface area contributed by atoms with Crippen LogP contribution in [0.25, 0.3) is 33.4 Å². The Labute approximate surface area is 156 Å². The topological polar surface area (TPSA) is 117 Å². The minimum absolute atomic E-state index is 0.0624. The maximum absolute atomic E-state index is 8.08. The number of fused-ring (bicyclic) bond motifs is 1. The van der Waals surface area contributed by atoms with E-state index in [1.165, 1.54) is 0 Å². The Balaban J connectivity index is 1.70. The first-order chi connectivity index (χ1) is 13.1. The van der Waals surface area contributed by atoms with Crippen LogP contribution in [0.2, 0.25) is 0 Å². The second-order valence-corrected chi connectivity index (χ2v) is 6.52. The standard InChI is InChI=1S/C20H19N7/c1-12(21)7-16(22)17-5-4-14(10-24-17)20-15-8-18(13-3-2-6-23-9-13)25-11-19(15)26-27-20/h2-6,8-12,22H,7,21H2,1H3,(H,26,27)/t12-/m1/s1. The Hall–Kier alpha value is -3.45. The lowest BCUT2D eigenvalue weighted by Gasteiger charge is -2.07. The van der Waals surface area contributed by atoms with Gasteiger partial charge >= 0.3 is 0 Å². The van der Waals surface area contributed by atoms with Crippen molar-refractivity contribution in [2.45, 2.75) is 19.4 Å². The number of aromatic amines is 1. The number of rotatable bonds is 5. The van der Waals surface area contributed by atoms with Crippen LogP contribution in [0.5, 0.6) is 0 Å². The Bertz CT molecular complexity index is 1080. The molecule has 0 radical (unpaired) electrons. The third kappa shape index (κ3) is 3.45. The molecule has 4 heterocycles. The molecule has 0 bridgehead atoms. The summed E-state index contributed by atoms with van der Waals surface area (Å²) < 4.78 is 0. The first-order valence-corrected chi connectivity index (χ1v) is 8.66. The van der Waals surface area contributed by atoms with Crippen LogP contribution in [0.15, 0.2) is 55.1 Å². The Morgan fingerprint density at radius 3 is 2.74 bits per heavy atom. The van der Waals surface area contributed by atoms with E-state index in [1.54, 1.807) is 24.8 Å². The zero-order valence-electron chi connectivity index (χ0n) is 14.8. The highest BCUT2D eigenvalue weighted by Crippen LogP contribution is 2.28. The summed E-state index contributed by atoms with van der Waals surface area (Å²) in [6.07, 6.45) is 7.53. The third-order valence-electron chi connectivity index (χ3n) is 4.28. The minimum Gasteiger partial charge on any atom is -0.328 e. The number of hydrogen-bond donors (Lipinski definition) is 3. The monoisotopic (exact) mass is 357 g/mol. The molecule has 134 valence electrons. The lowest BCUT2D eigenvalue weighted by Crippen LogP contribution is -2.20. The zero-order chi connectivity index (χ0) is 18.8. The zero-order valence-corrected chi connectivity index (χ0v) is 14.8. The average Bonchev–Trinajstić information content (AvgIpc) is 3.11. The molecule has 0 fully saturated rings. The van der Waals surface area contributed by atoms with Gasteiger partial charge in [0.05, 0.1) is 28.8 Å². The van der Waals surface area contributed by atoms with E-state index in [0.29, 0.717) is 17.8 Å². The SMILES string of the molecule is C[C@@H](N)CC(=N)c1ccc(-c2n[nH]c3cnc(-c4cccnc4)cc23)cn1. The number of hydrogen-bond acceptors (Lipinski definition) is 6. The largest absolute Gasteiger partial charge is 0.328 e. The third-order valence-corrected chi connectivity index (χ3v) is 4.28. The van der Waals surface area contributed by atoms with Gasteiger partial charge in [0.1, 0.15) is 5.69 Å². The van der Waals surface area contributed by atoms with E-state index in [4.69, 9.17) is 11.1 Å². The summed E-state index contributed by atoms with van der Waals surface area (Å²) >= 11 is 0. The van der Waals surface area contributed by atoms with Crippen molar-refractivity contribution < 1.29 is 0 Å². The summed E-state index contributed by atoms with van der Waals surface area (Å²) in [5.74, 6) is 0. The molecular formula is C20H19N7. The minimum atomic E-state index is -0.0624. The number of nitrogens with zero attached hydrogens (tertiary/aromatic N) is 4. The molecule has 0 saturated heterocycles. The first-order valence-electron chi connectivity index (χ1n) is 8.66. The van der Waals surface area contributed by atoms with Gasteiger partial charge in [-0.25, -0.2) is 0 Å². The molecule has 4 rings (SSSR count). The van der Waals surface area contributed by atoms with Gasteiger partial charge in [0.15, 0.2) is 0 Å². The van der Waals surface area contributed by atoms with Crippen molar-refractivity contribution >= 4 is 16.6 Å². The summed E-state index contributed by atoms with van der Waals surface area (Å²) in [4.78, 5) is 13.1. The maximum Gasteiger partial charge on any atom is 0.102 e. The van der Waals surface area contributed by atoms with Gasteiger partial charge in [-0.1, -0.05) is 0 Å². The molecule has 7 heteroatoms. The fourth-order valence-electron chi connectivity index (χ4n) is 2.95.